The lowest BCUT2D eigenvalue weighted by Gasteiger charge is -2.07. The van der Waals surface area contributed by atoms with Crippen molar-refractivity contribution in [3.63, 3.8) is 0 Å². The zero-order chi connectivity index (χ0) is 16.2. The number of aromatic nitrogens is 2. The number of carbonyl (C=O) groups excluding carboxylic acids is 1. The lowest BCUT2D eigenvalue weighted by atomic mass is 10.2. The number of fused-ring (bicyclic) bond motifs is 1. The van der Waals surface area contributed by atoms with Crippen molar-refractivity contribution in [1.29, 1.82) is 0 Å². The van der Waals surface area contributed by atoms with Crippen molar-refractivity contribution in [3.05, 3.63) is 59.9 Å². The third-order valence-corrected chi connectivity index (χ3v) is 3.60. The number of hydrogen-bond donors (Lipinski definition) is 3. The number of nitrogens with zero attached hydrogens (tertiary/aromatic N) is 1. The number of nitrogens with one attached hydrogen (secondary N) is 3. The molecule has 3 rings (SSSR count). The van der Waals surface area contributed by atoms with Gasteiger partial charge in [0.15, 0.2) is 0 Å². The van der Waals surface area contributed by atoms with Gasteiger partial charge in [-0.05, 0) is 29.8 Å². The number of H-pyrrole nitrogens is 1. The Hall–Kier alpha value is -2.82. The molecule has 0 aliphatic rings. The fraction of sp³-hybridized carbons (Fsp3) is 0.222. The topological polar surface area (TPSA) is 69.8 Å². The van der Waals surface area contributed by atoms with E-state index in [1.54, 1.807) is 0 Å². The molecule has 2 amide bonds. The van der Waals surface area contributed by atoms with Gasteiger partial charge in [-0.1, -0.05) is 38.1 Å². The van der Waals surface area contributed by atoms with Crippen molar-refractivity contribution < 1.29 is 4.79 Å². The number of anilines is 1. The Morgan fingerprint density at radius 1 is 1.17 bits per heavy atom. The smallest absolute Gasteiger partial charge is 0.319 e. The molecule has 0 atom stereocenters. The summed E-state index contributed by atoms with van der Waals surface area (Å²) in [5.74, 6) is 1.34. The first-order valence-electron chi connectivity index (χ1n) is 7.70. The molecule has 0 saturated heterocycles. The second-order valence-electron chi connectivity index (χ2n) is 5.80. The van der Waals surface area contributed by atoms with E-state index in [1.807, 2.05) is 48.5 Å². The van der Waals surface area contributed by atoms with Gasteiger partial charge in [0, 0.05) is 18.2 Å². The highest BCUT2D eigenvalue weighted by Crippen LogP contribution is 2.18. The summed E-state index contributed by atoms with van der Waals surface area (Å²) in [5.41, 5.74) is 3.75. The first-order chi connectivity index (χ1) is 11.1. The van der Waals surface area contributed by atoms with Crippen LogP contribution >= 0.6 is 0 Å². The molecular weight excluding hydrogens is 288 g/mol. The Morgan fingerprint density at radius 3 is 2.70 bits per heavy atom. The van der Waals surface area contributed by atoms with Crippen LogP contribution in [0.5, 0.6) is 0 Å². The highest BCUT2D eigenvalue weighted by atomic mass is 16.2. The van der Waals surface area contributed by atoms with Crippen LogP contribution in [-0.2, 0) is 6.54 Å². The van der Waals surface area contributed by atoms with E-state index < -0.39 is 0 Å². The summed E-state index contributed by atoms with van der Waals surface area (Å²) in [7, 11) is 0. The summed E-state index contributed by atoms with van der Waals surface area (Å²) in [6, 6.07) is 15.1. The van der Waals surface area contributed by atoms with Crippen LogP contribution in [0.1, 0.15) is 31.2 Å². The summed E-state index contributed by atoms with van der Waals surface area (Å²) in [6.07, 6.45) is 0. The number of carbonyl (C=O) groups is 1. The van der Waals surface area contributed by atoms with Gasteiger partial charge in [-0.25, -0.2) is 9.78 Å². The molecule has 23 heavy (non-hydrogen) atoms. The first kappa shape index (κ1) is 15.1. The van der Waals surface area contributed by atoms with E-state index in [2.05, 4.69) is 34.4 Å². The van der Waals surface area contributed by atoms with Gasteiger partial charge >= 0.3 is 6.03 Å². The van der Waals surface area contributed by atoms with Crippen LogP contribution in [0.3, 0.4) is 0 Å². The molecule has 0 aliphatic heterocycles. The fourth-order valence-electron chi connectivity index (χ4n) is 2.34. The van der Waals surface area contributed by atoms with Gasteiger partial charge in [0.2, 0.25) is 0 Å². The first-order valence-corrected chi connectivity index (χ1v) is 7.70. The maximum absolute atomic E-state index is 11.9. The number of rotatable bonds is 4. The van der Waals surface area contributed by atoms with Crippen LogP contribution < -0.4 is 10.6 Å². The van der Waals surface area contributed by atoms with Gasteiger partial charge in [0.25, 0.3) is 0 Å². The average Bonchev–Trinajstić information content (AvgIpc) is 2.97. The van der Waals surface area contributed by atoms with E-state index in [0.717, 1.165) is 28.1 Å². The second-order valence-corrected chi connectivity index (χ2v) is 5.80. The molecule has 2 aromatic carbocycles. The number of amides is 2. The van der Waals surface area contributed by atoms with Crippen LogP contribution in [0.25, 0.3) is 11.0 Å². The minimum Gasteiger partial charge on any atom is -0.342 e. The van der Waals surface area contributed by atoms with Gasteiger partial charge in [-0.15, -0.1) is 0 Å². The number of para-hydroxylation sites is 1. The molecular formula is C18H20N4O. The molecule has 5 nitrogen and oxygen atoms in total. The van der Waals surface area contributed by atoms with Crippen LogP contribution in [-0.4, -0.2) is 16.0 Å². The Labute approximate surface area is 135 Å². The van der Waals surface area contributed by atoms with Crippen molar-refractivity contribution in [1.82, 2.24) is 15.3 Å². The number of aromatic amines is 1. The predicted octanol–water partition coefficient (Wildman–Crippen LogP) is 4.01. The van der Waals surface area contributed by atoms with Crippen LogP contribution in [0, 0.1) is 0 Å². The van der Waals surface area contributed by atoms with E-state index in [1.165, 1.54) is 0 Å². The number of hydrogen-bond acceptors (Lipinski definition) is 2. The molecule has 1 heterocycles. The molecule has 0 spiro atoms. The van der Waals surface area contributed by atoms with E-state index in [-0.39, 0.29) is 6.03 Å². The second kappa shape index (κ2) is 6.52. The maximum Gasteiger partial charge on any atom is 0.319 e. The zero-order valence-electron chi connectivity index (χ0n) is 13.3. The molecule has 0 fully saturated rings. The molecule has 1 aromatic heterocycles. The average molecular weight is 308 g/mol. The summed E-state index contributed by atoms with van der Waals surface area (Å²) in [6.45, 7) is 4.67. The number of urea groups is 1. The molecule has 0 unspecified atom stereocenters. The van der Waals surface area contributed by atoms with Gasteiger partial charge in [0.1, 0.15) is 5.82 Å². The third-order valence-electron chi connectivity index (χ3n) is 3.60. The van der Waals surface area contributed by atoms with Crippen molar-refractivity contribution in [2.24, 2.45) is 0 Å². The normalized spacial score (nSPS) is 10.9. The van der Waals surface area contributed by atoms with E-state index in [0.29, 0.717) is 12.5 Å². The summed E-state index contributed by atoms with van der Waals surface area (Å²) in [4.78, 5) is 19.8. The van der Waals surface area contributed by atoms with Gasteiger partial charge in [-0.3, -0.25) is 0 Å². The standard InChI is InChI=1S/C18H20N4O/c1-12(2)17-21-15-9-8-13(10-16(15)22-17)11-19-18(23)20-14-6-4-3-5-7-14/h3-10,12H,11H2,1-2H3,(H,21,22)(H2,19,20,23). The van der Waals surface area contributed by atoms with Crippen molar-refractivity contribution in [3.8, 4) is 0 Å². The molecule has 118 valence electrons. The zero-order valence-corrected chi connectivity index (χ0v) is 13.3. The Kier molecular flexibility index (Phi) is 4.28. The minimum absolute atomic E-state index is 0.219. The highest BCUT2D eigenvalue weighted by Gasteiger charge is 2.07. The van der Waals surface area contributed by atoms with Gasteiger partial charge in [-0.2, -0.15) is 0 Å². The maximum atomic E-state index is 11.9. The Morgan fingerprint density at radius 2 is 1.96 bits per heavy atom. The Balaban J connectivity index is 1.63. The Bertz CT molecular complexity index is 808. The summed E-state index contributed by atoms with van der Waals surface area (Å²) >= 11 is 0. The lowest BCUT2D eigenvalue weighted by Crippen LogP contribution is -2.28. The SMILES string of the molecule is CC(C)c1nc2ccc(CNC(=O)Nc3ccccc3)cc2[nH]1. The van der Waals surface area contributed by atoms with Crippen LogP contribution in [0.15, 0.2) is 48.5 Å². The van der Waals surface area contributed by atoms with Gasteiger partial charge < -0.3 is 15.6 Å². The van der Waals surface area contributed by atoms with Gasteiger partial charge in [0.05, 0.1) is 11.0 Å². The van der Waals surface area contributed by atoms with Crippen LogP contribution in [0.4, 0.5) is 10.5 Å². The fourth-order valence-corrected chi connectivity index (χ4v) is 2.34. The van der Waals surface area contributed by atoms with E-state index in [4.69, 9.17) is 0 Å². The van der Waals surface area contributed by atoms with E-state index in [9.17, 15) is 4.79 Å². The monoisotopic (exact) mass is 308 g/mol. The molecule has 0 aliphatic carbocycles. The summed E-state index contributed by atoms with van der Waals surface area (Å²) < 4.78 is 0. The molecule has 3 aromatic rings. The highest BCUT2D eigenvalue weighted by molar-refractivity contribution is 5.89. The minimum atomic E-state index is -0.219. The van der Waals surface area contributed by atoms with Crippen molar-refractivity contribution in [2.75, 3.05) is 5.32 Å². The van der Waals surface area contributed by atoms with E-state index >= 15 is 0 Å². The van der Waals surface area contributed by atoms with Crippen molar-refractivity contribution in [2.45, 2.75) is 26.3 Å². The molecule has 0 radical (unpaired) electrons. The summed E-state index contributed by atoms with van der Waals surface area (Å²) in [5, 5.41) is 5.66. The molecule has 5 heteroatoms. The van der Waals surface area contributed by atoms with Crippen molar-refractivity contribution >= 4 is 22.8 Å². The lowest BCUT2D eigenvalue weighted by molar-refractivity contribution is 0.251. The molecule has 3 N–H and O–H groups in total. The number of benzene rings is 2. The third kappa shape index (κ3) is 3.69. The molecule has 0 bridgehead atoms. The largest absolute Gasteiger partial charge is 0.342 e. The van der Waals surface area contributed by atoms with Crippen LogP contribution in [0.2, 0.25) is 0 Å². The molecule has 0 saturated carbocycles. The quantitative estimate of drug-likeness (QED) is 0.681. The number of imidazole rings is 1. The predicted molar refractivity (Wildman–Crippen MR) is 92.5 cm³/mol.